The van der Waals surface area contributed by atoms with Gasteiger partial charge in [-0.1, -0.05) is 0 Å². The zero-order chi connectivity index (χ0) is 22.5. The van der Waals surface area contributed by atoms with Crippen LogP contribution in [0.3, 0.4) is 0 Å². The number of carbonyl (C=O) groups is 1. The number of benzene rings is 1. The van der Waals surface area contributed by atoms with Crippen molar-refractivity contribution in [1.29, 1.82) is 0 Å². The lowest BCUT2D eigenvalue weighted by Crippen LogP contribution is -2.56. The van der Waals surface area contributed by atoms with Crippen LogP contribution in [0.15, 0.2) is 30.5 Å². The van der Waals surface area contributed by atoms with Gasteiger partial charge in [-0.25, -0.2) is 0 Å². The van der Waals surface area contributed by atoms with Crippen LogP contribution in [0.1, 0.15) is 38.2 Å². The molecule has 5 rings (SSSR count). The molecule has 1 aromatic heterocycles. The number of halogens is 3. The first-order valence-electron chi connectivity index (χ1n) is 11.2. The quantitative estimate of drug-likeness (QED) is 0.755. The number of carbonyl (C=O) groups excluding carboxylic acids is 1. The highest BCUT2D eigenvalue weighted by Gasteiger charge is 2.38. The van der Waals surface area contributed by atoms with E-state index in [-0.39, 0.29) is 30.1 Å². The number of hydrogen-bond acceptors (Lipinski definition) is 5. The Morgan fingerprint density at radius 2 is 1.94 bits per heavy atom. The Morgan fingerprint density at radius 3 is 2.66 bits per heavy atom. The number of pyridine rings is 1. The smallest absolute Gasteiger partial charge is 0.365 e. The fraction of sp³-hybridized carbons (Fsp3) is 0.565. The van der Waals surface area contributed by atoms with E-state index in [9.17, 15) is 18.0 Å². The van der Waals surface area contributed by atoms with Gasteiger partial charge in [0.2, 0.25) is 0 Å². The highest BCUT2D eigenvalue weighted by molar-refractivity contribution is 5.94. The molecule has 1 amide bonds. The molecule has 1 aromatic carbocycles. The van der Waals surface area contributed by atoms with Gasteiger partial charge in [-0.2, -0.15) is 13.2 Å². The van der Waals surface area contributed by atoms with E-state index in [1.165, 1.54) is 12.3 Å². The van der Waals surface area contributed by atoms with Crippen molar-refractivity contribution in [2.75, 3.05) is 18.0 Å². The molecule has 6 nitrogen and oxygen atoms in total. The van der Waals surface area contributed by atoms with Gasteiger partial charge in [0.15, 0.2) is 6.10 Å². The van der Waals surface area contributed by atoms with E-state index in [0.717, 1.165) is 31.7 Å². The maximum Gasteiger partial charge on any atom is 0.418 e. The van der Waals surface area contributed by atoms with E-state index < -0.39 is 17.8 Å². The van der Waals surface area contributed by atoms with Crippen LogP contribution in [0.2, 0.25) is 0 Å². The summed E-state index contributed by atoms with van der Waals surface area (Å²) >= 11 is 0. The molecular formula is C23H27F3N4O2. The molecule has 2 aromatic rings. The second-order valence-corrected chi connectivity index (χ2v) is 9.18. The number of nitrogens with zero attached hydrogens (tertiary/aromatic N) is 2. The molecule has 3 aliphatic rings. The van der Waals surface area contributed by atoms with Crippen molar-refractivity contribution in [3.63, 3.8) is 0 Å². The van der Waals surface area contributed by atoms with Gasteiger partial charge in [-0.05, 0) is 56.9 Å². The van der Waals surface area contributed by atoms with Gasteiger partial charge in [-0.15, -0.1) is 0 Å². The molecule has 0 aliphatic carbocycles. The van der Waals surface area contributed by atoms with Crippen LogP contribution >= 0.6 is 0 Å². The Kier molecular flexibility index (Phi) is 5.49. The number of fused-ring (bicyclic) bond motifs is 3. The molecule has 32 heavy (non-hydrogen) atoms. The Labute approximate surface area is 184 Å². The summed E-state index contributed by atoms with van der Waals surface area (Å²) in [7, 11) is 0. The van der Waals surface area contributed by atoms with Gasteiger partial charge in [0.05, 0.1) is 23.7 Å². The third-order valence-corrected chi connectivity index (χ3v) is 6.76. The minimum Gasteiger partial charge on any atom is -0.365 e. The van der Waals surface area contributed by atoms with Crippen molar-refractivity contribution in [1.82, 2.24) is 15.6 Å². The molecule has 4 atom stereocenters. The highest BCUT2D eigenvalue weighted by atomic mass is 19.4. The van der Waals surface area contributed by atoms with E-state index in [1.54, 1.807) is 12.1 Å². The summed E-state index contributed by atoms with van der Waals surface area (Å²) in [6.45, 7) is 2.64. The normalized spacial score (nSPS) is 30.5. The summed E-state index contributed by atoms with van der Waals surface area (Å²) < 4.78 is 46.4. The first-order chi connectivity index (χ1) is 15.3. The monoisotopic (exact) mass is 448 g/mol. The van der Waals surface area contributed by atoms with E-state index in [2.05, 4.69) is 15.6 Å². The van der Waals surface area contributed by atoms with Crippen molar-refractivity contribution < 1.29 is 22.7 Å². The third-order valence-electron chi connectivity index (χ3n) is 6.76. The lowest BCUT2D eigenvalue weighted by molar-refractivity contribution is -0.138. The van der Waals surface area contributed by atoms with E-state index in [4.69, 9.17) is 4.74 Å². The molecule has 0 saturated carbocycles. The lowest BCUT2D eigenvalue weighted by atomic mass is 9.99. The summed E-state index contributed by atoms with van der Waals surface area (Å²) in [6.07, 6.45) is 0.102. The predicted molar refractivity (Wildman–Crippen MR) is 114 cm³/mol. The summed E-state index contributed by atoms with van der Waals surface area (Å²) in [5.41, 5.74) is -0.204. The molecule has 3 saturated heterocycles. The number of alkyl halides is 3. The molecule has 0 radical (unpaired) electrons. The molecule has 172 valence electrons. The van der Waals surface area contributed by atoms with E-state index in [0.29, 0.717) is 29.7 Å². The molecule has 3 fully saturated rings. The van der Waals surface area contributed by atoms with Gasteiger partial charge in [0.1, 0.15) is 0 Å². The van der Waals surface area contributed by atoms with Gasteiger partial charge >= 0.3 is 6.18 Å². The van der Waals surface area contributed by atoms with E-state index >= 15 is 0 Å². The predicted octanol–water partition coefficient (Wildman–Crippen LogP) is 3.25. The minimum absolute atomic E-state index is 0.0807. The Bertz CT molecular complexity index is 1000. The first-order valence-corrected chi connectivity index (χ1v) is 11.2. The number of hydrogen-bond donors (Lipinski definition) is 2. The molecular weight excluding hydrogens is 421 g/mol. The molecule has 9 heteroatoms. The fourth-order valence-electron chi connectivity index (χ4n) is 5.42. The van der Waals surface area contributed by atoms with Crippen molar-refractivity contribution in [3.8, 4) is 0 Å². The SMILES string of the molecule is C[C@@H]1CN(c2ccc(C(F)(F)F)c3ncccc23)C[C@H](C(=O)NC2CC3CCC(C2)N3)O1. The van der Waals surface area contributed by atoms with Crippen LogP contribution in [0.25, 0.3) is 10.9 Å². The van der Waals surface area contributed by atoms with Gasteiger partial charge in [0, 0.05) is 41.9 Å². The molecule has 3 aliphatic heterocycles. The number of piperidine rings is 1. The Hall–Kier alpha value is -2.39. The summed E-state index contributed by atoms with van der Waals surface area (Å²) in [4.78, 5) is 19.0. The Balaban J connectivity index is 1.37. The zero-order valence-electron chi connectivity index (χ0n) is 17.9. The average Bonchev–Trinajstić information content (AvgIpc) is 3.09. The van der Waals surface area contributed by atoms with Crippen LogP contribution in [0.5, 0.6) is 0 Å². The third kappa shape index (κ3) is 4.15. The number of anilines is 1. The zero-order valence-corrected chi connectivity index (χ0v) is 17.9. The number of amides is 1. The van der Waals surface area contributed by atoms with Crippen LogP contribution in [0, 0.1) is 0 Å². The summed E-state index contributed by atoms with van der Waals surface area (Å²) in [5, 5.41) is 7.14. The molecule has 0 spiro atoms. The first kappa shape index (κ1) is 21.5. The van der Waals surface area contributed by atoms with Crippen LogP contribution in [-0.2, 0) is 15.7 Å². The Morgan fingerprint density at radius 1 is 1.19 bits per heavy atom. The second kappa shape index (κ2) is 8.19. The van der Waals surface area contributed by atoms with Gasteiger partial charge in [-0.3, -0.25) is 9.78 Å². The number of ether oxygens (including phenoxy) is 1. The van der Waals surface area contributed by atoms with Crippen LogP contribution < -0.4 is 15.5 Å². The highest BCUT2D eigenvalue weighted by Crippen LogP contribution is 2.38. The van der Waals surface area contributed by atoms with Gasteiger partial charge in [0.25, 0.3) is 5.91 Å². The largest absolute Gasteiger partial charge is 0.418 e. The van der Waals surface area contributed by atoms with Crippen molar-refractivity contribution in [2.45, 2.75) is 69.1 Å². The average molecular weight is 448 g/mol. The molecule has 4 heterocycles. The van der Waals surface area contributed by atoms with Crippen LogP contribution in [-0.4, -0.2) is 54.3 Å². The number of rotatable bonds is 3. The standard InChI is InChI=1S/C23H27F3N4O2/c1-13-11-30(19-7-6-18(23(24,25)26)21-17(19)3-2-8-27-21)12-20(32-13)22(31)29-16-9-14-4-5-15(10-16)28-14/h2-3,6-8,13-16,20,28H,4-5,9-12H2,1H3,(H,29,31)/t13-,14?,15?,16?,20-/m1/s1. The van der Waals surface area contributed by atoms with E-state index in [1.807, 2.05) is 11.8 Å². The molecule has 2 unspecified atom stereocenters. The molecule has 2 N–H and O–H groups in total. The minimum atomic E-state index is -4.49. The number of nitrogens with one attached hydrogen (secondary N) is 2. The second-order valence-electron chi connectivity index (χ2n) is 9.18. The lowest BCUT2D eigenvalue weighted by Gasteiger charge is -2.39. The van der Waals surface area contributed by atoms with Gasteiger partial charge < -0.3 is 20.3 Å². The van der Waals surface area contributed by atoms with Crippen molar-refractivity contribution in [2.24, 2.45) is 0 Å². The fourth-order valence-corrected chi connectivity index (χ4v) is 5.42. The summed E-state index contributed by atoms with van der Waals surface area (Å²) in [5.74, 6) is -0.151. The summed E-state index contributed by atoms with van der Waals surface area (Å²) in [6, 6.07) is 6.89. The number of morpholine rings is 1. The van der Waals surface area contributed by atoms with Crippen LogP contribution in [0.4, 0.5) is 18.9 Å². The maximum atomic E-state index is 13.5. The number of aromatic nitrogens is 1. The van der Waals surface area contributed by atoms with Crippen molar-refractivity contribution >= 4 is 22.5 Å². The maximum absolute atomic E-state index is 13.5. The molecule has 2 bridgehead atoms. The van der Waals surface area contributed by atoms with Crippen molar-refractivity contribution in [3.05, 3.63) is 36.0 Å². The topological polar surface area (TPSA) is 66.5 Å².